The molecular formula is C15H18N4O. The molecule has 1 aromatic heterocycles. The van der Waals surface area contributed by atoms with E-state index in [1.807, 2.05) is 36.5 Å². The first kappa shape index (κ1) is 12.9. The minimum atomic E-state index is 0.0783. The van der Waals surface area contributed by atoms with E-state index in [4.69, 9.17) is 0 Å². The van der Waals surface area contributed by atoms with Gasteiger partial charge in [-0.15, -0.1) is 0 Å². The smallest absolute Gasteiger partial charge is 0.228 e. The molecule has 1 aliphatic heterocycles. The van der Waals surface area contributed by atoms with Gasteiger partial charge >= 0.3 is 0 Å². The Morgan fingerprint density at radius 3 is 2.85 bits per heavy atom. The molecule has 1 aromatic carbocycles. The highest BCUT2D eigenvalue weighted by molar-refractivity contribution is 5.92. The van der Waals surface area contributed by atoms with Crippen LogP contribution in [0.25, 0.3) is 5.69 Å². The first-order chi connectivity index (χ1) is 9.83. The molecule has 104 valence electrons. The first-order valence-electron chi connectivity index (χ1n) is 6.94. The number of hydrogen-bond acceptors (Lipinski definition) is 3. The van der Waals surface area contributed by atoms with Crippen molar-refractivity contribution in [3.8, 4) is 5.69 Å². The zero-order valence-electron chi connectivity index (χ0n) is 11.2. The number of carbonyl (C=O) groups excluding carboxylic acids is 1. The number of rotatable bonds is 3. The third-order valence-corrected chi connectivity index (χ3v) is 3.57. The van der Waals surface area contributed by atoms with E-state index < -0.39 is 0 Å². The third kappa shape index (κ3) is 2.88. The lowest BCUT2D eigenvalue weighted by molar-refractivity contribution is -0.120. The van der Waals surface area contributed by atoms with Gasteiger partial charge in [0.25, 0.3) is 0 Å². The van der Waals surface area contributed by atoms with Crippen molar-refractivity contribution in [2.45, 2.75) is 12.8 Å². The van der Waals surface area contributed by atoms with Crippen molar-refractivity contribution < 1.29 is 4.79 Å². The van der Waals surface area contributed by atoms with Gasteiger partial charge in [0.1, 0.15) is 0 Å². The lowest BCUT2D eigenvalue weighted by Gasteiger charge is -2.21. The predicted molar refractivity (Wildman–Crippen MR) is 77.8 cm³/mol. The van der Waals surface area contributed by atoms with E-state index in [0.717, 1.165) is 37.3 Å². The fraction of sp³-hybridized carbons (Fsp3) is 0.333. The maximum absolute atomic E-state index is 12.1. The second kappa shape index (κ2) is 5.88. The molecule has 5 nitrogen and oxygen atoms in total. The molecule has 0 unspecified atom stereocenters. The third-order valence-electron chi connectivity index (χ3n) is 3.57. The normalized spacial score (nSPS) is 18.7. The van der Waals surface area contributed by atoms with E-state index >= 15 is 0 Å². The van der Waals surface area contributed by atoms with Gasteiger partial charge < -0.3 is 10.6 Å². The van der Waals surface area contributed by atoms with Crippen LogP contribution in [0.2, 0.25) is 0 Å². The number of nitrogens with zero attached hydrogens (tertiary/aromatic N) is 2. The Kier molecular flexibility index (Phi) is 3.78. The number of hydrogen-bond donors (Lipinski definition) is 2. The van der Waals surface area contributed by atoms with E-state index in [1.54, 1.807) is 10.9 Å². The number of piperidine rings is 1. The van der Waals surface area contributed by atoms with Gasteiger partial charge in [-0.2, -0.15) is 5.10 Å². The number of benzene rings is 1. The molecule has 0 aliphatic carbocycles. The number of anilines is 1. The van der Waals surface area contributed by atoms with Crippen molar-refractivity contribution in [1.29, 1.82) is 0 Å². The van der Waals surface area contributed by atoms with E-state index in [9.17, 15) is 4.79 Å². The summed E-state index contributed by atoms with van der Waals surface area (Å²) in [6.45, 7) is 1.79. The van der Waals surface area contributed by atoms with Gasteiger partial charge in [0.15, 0.2) is 0 Å². The van der Waals surface area contributed by atoms with Crippen LogP contribution in [0, 0.1) is 5.92 Å². The lowest BCUT2D eigenvalue weighted by atomic mass is 9.99. The summed E-state index contributed by atoms with van der Waals surface area (Å²) in [7, 11) is 0. The van der Waals surface area contributed by atoms with E-state index in [2.05, 4.69) is 15.7 Å². The molecule has 2 N–H and O–H groups in total. The van der Waals surface area contributed by atoms with Gasteiger partial charge in [0, 0.05) is 24.6 Å². The highest BCUT2D eigenvalue weighted by Gasteiger charge is 2.20. The largest absolute Gasteiger partial charge is 0.326 e. The molecule has 1 atom stereocenters. The van der Waals surface area contributed by atoms with Crippen LogP contribution in [0.5, 0.6) is 0 Å². The van der Waals surface area contributed by atoms with Gasteiger partial charge in [-0.25, -0.2) is 4.68 Å². The molecule has 1 aliphatic rings. The average molecular weight is 270 g/mol. The Labute approximate surface area is 118 Å². The van der Waals surface area contributed by atoms with Crippen molar-refractivity contribution in [2.24, 2.45) is 5.92 Å². The zero-order valence-corrected chi connectivity index (χ0v) is 11.2. The van der Waals surface area contributed by atoms with Crippen LogP contribution in [0.15, 0.2) is 42.7 Å². The minimum Gasteiger partial charge on any atom is -0.326 e. The topological polar surface area (TPSA) is 59.0 Å². The van der Waals surface area contributed by atoms with Gasteiger partial charge in [-0.3, -0.25) is 4.79 Å². The Bertz CT molecular complexity index is 556. The molecule has 20 heavy (non-hydrogen) atoms. The van der Waals surface area contributed by atoms with Crippen molar-refractivity contribution in [3.05, 3.63) is 42.7 Å². The van der Waals surface area contributed by atoms with Crippen LogP contribution in [-0.4, -0.2) is 28.8 Å². The lowest BCUT2D eigenvalue weighted by Crippen LogP contribution is -2.37. The summed E-state index contributed by atoms with van der Waals surface area (Å²) in [5, 5.41) is 10.4. The molecule has 1 saturated heterocycles. The molecule has 2 heterocycles. The standard InChI is InChI=1S/C15H18N4O/c20-15(12-3-1-8-16-11-12)18-13-4-6-14(7-5-13)19-10-2-9-17-19/h2,4-7,9-10,12,16H,1,3,8,11H2,(H,18,20)/t12-/m0/s1. The van der Waals surface area contributed by atoms with Gasteiger partial charge in [0.2, 0.25) is 5.91 Å². The van der Waals surface area contributed by atoms with Crippen LogP contribution < -0.4 is 10.6 Å². The number of aromatic nitrogens is 2. The highest BCUT2D eigenvalue weighted by atomic mass is 16.1. The highest BCUT2D eigenvalue weighted by Crippen LogP contribution is 2.16. The van der Waals surface area contributed by atoms with E-state index in [1.165, 1.54) is 0 Å². The van der Waals surface area contributed by atoms with Crippen LogP contribution in [0.1, 0.15) is 12.8 Å². The molecule has 0 spiro atoms. The summed E-state index contributed by atoms with van der Waals surface area (Å²) in [5.74, 6) is 0.179. The van der Waals surface area contributed by atoms with Crippen molar-refractivity contribution in [2.75, 3.05) is 18.4 Å². The van der Waals surface area contributed by atoms with Crippen LogP contribution in [0.3, 0.4) is 0 Å². The zero-order chi connectivity index (χ0) is 13.8. The summed E-state index contributed by atoms with van der Waals surface area (Å²) < 4.78 is 1.79. The molecule has 0 bridgehead atoms. The Morgan fingerprint density at radius 1 is 1.35 bits per heavy atom. The Morgan fingerprint density at radius 2 is 2.20 bits per heavy atom. The number of carbonyl (C=O) groups is 1. The molecule has 0 saturated carbocycles. The summed E-state index contributed by atoms with van der Waals surface area (Å²) in [5.41, 5.74) is 1.81. The molecule has 3 rings (SSSR count). The Hall–Kier alpha value is -2.14. The van der Waals surface area contributed by atoms with Crippen LogP contribution >= 0.6 is 0 Å². The maximum Gasteiger partial charge on any atom is 0.228 e. The van der Waals surface area contributed by atoms with Crippen molar-refractivity contribution >= 4 is 11.6 Å². The minimum absolute atomic E-state index is 0.0783. The van der Waals surface area contributed by atoms with E-state index in [0.29, 0.717) is 0 Å². The second-order valence-corrected chi connectivity index (χ2v) is 5.03. The number of nitrogens with one attached hydrogen (secondary N) is 2. The fourth-order valence-electron chi connectivity index (χ4n) is 2.44. The van der Waals surface area contributed by atoms with E-state index in [-0.39, 0.29) is 11.8 Å². The van der Waals surface area contributed by atoms with Crippen molar-refractivity contribution in [1.82, 2.24) is 15.1 Å². The van der Waals surface area contributed by atoms with Crippen LogP contribution in [-0.2, 0) is 4.79 Å². The second-order valence-electron chi connectivity index (χ2n) is 5.03. The predicted octanol–water partition coefficient (Wildman–Crippen LogP) is 1.81. The molecule has 2 aromatic rings. The molecule has 5 heteroatoms. The number of amides is 1. The SMILES string of the molecule is O=C(Nc1ccc(-n2cccn2)cc1)[C@H]1CCCNC1. The summed E-state index contributed by atoms with van der Waals surface area (Å²) in [4.78, 5) is 12.1. The quantitative estimate of drug-likeness (QED) is 0.894. The van der Waals surface area contributed by atoms with Crippen molar-refractivity contribution in [3.63, 3.8) is 0 Å². The summed E-state index contributed by atoms with van der Waals surface area (Å²) in [6, 6.07) is 9.59. The Balaban J connectivity index is 1.64. The first-order valence-corrected chi connectivity index (χ1v) is 6.94. The maximum atomic E-state index is 12.1. The molecule has 0 radical (unpaired) electrons. The van der Waals surface area contributed by atoms with Gasteiger partial charge in [0.05, 0.1) is 11.6 Å². The summed E-state index contributed by atoms with van der Waals surface area (Å²) >= 11 is 0. The monoisotopic (exact) mass is 270 g/mol. The molecule has 1 amide bonds. The van der Waals surface area contributed by atoms with Gasteiger partial charge in [-0.1, -0.05) is 0 Å². The molecular weight excluding hydrogens is 252 g/mol. The summed E-state index contributed by atoms with van der Waals surface area (Å²) in [6.07, 6.45) is 5.66. The van der Waals surface area contributed by atoms with Gasteiger partial charge in [-0.05, 0) is 49.7 Å². The van der Waals surface area contributed by atoms with Crippen LogP contribution in [0.4, 0.5) is 5.69 Å². The average Bonchev–Trinajstić information content (AvgIpc) is 3.03. The fourth-order valence-corrected chi connectivity index (χ4v) is 2.44. The molecule has 1 fully saturated rings.